The number of benzene rings is 1. The normalized spacial score (nSPS) is 28.0. The average molecular weight is 401 g/mol. The highest BCUT2D eigenvalue weighted by Crippen LogP contribution is 2.39. The topological polar surface area (TPSA) is 69.6 Å². The summed E-state index contributed by atoms with van der Waals surface area (Å²) < 4.78 is 0. The maximum atomic E-state index is 12.9. The highest BCUT2D eigenvalue weighted by molar-refractivity contribution is 5.76. The largest absolute Gasteiger partial charge is 0.391 e. The SMILES string of the molecule is CC(=O)NC[C@]1(c2ccccc2)CC[C@@H](O)[C@H](N(C)C(=O)CC2CCCC2)CC1. The Balaban J connectivity index is 1.73. The van der Waals surface area contributed by atoms with E-state index in [2.05, 4.69) is 17.4 Å². The molecule has 2 aliphatic carbocycles. The van der Waals surface area contributed by atoms with Crippen LogP contribution in [0.25, 0.3) is 0 Å². The van der Waals surface area contributed by atoms with Crippen molar-refractivity contribution in [2.24, 2.45) is 5.92 Å². The molecule has 0 heterocycles. The minimum absolute atomic E-state index is 0.0366. The van der Waals surface area contributed by atoms with Gasteiger partial charge in [-0.25, -0.2) is 0 Å². The Labute approximate surface area is 174 Å². The lowest BCUT2D eigenvalue weighted by Crippen LogP contribution is -2.44. The van der Waals surface area contributed by atoms with Crippen LogP contribution in [0.3, 0.4) is 0 Å². The smallest absolute Gasteiger partial charge is 0.222 e. The highest BCUT2D eigenvalue weighted by Gasteiger charge is 2.40. The Morgan fingerprint density at radius 2 is 1.76 bits per heavy atom. The third-order valence-corrected chi connectivity index (χ3v) is 7.17. The van der Waals surface area contributed by atoms with E-state index >= 15 is 0 Å². The number of carbonyl (C=O) groups excluding carboxylic acids is 2. The molecule has 5 nitrogen and oxygen atoms in total. The maximum Gasteiger partial charge on any atom is 0.222 e. The number of hydrogen-bond donors (Lipinski definition) is 2. The van der Waals surface area contributed by atoms with E-state index in [1.807, 2.05) is 30.1 Å². The molecule has 2 N–H and O–H groups in total. The summed E-state index contributed by atoms with van der Waals surface area (Å²) in [7, 11) is 1.86. The number of nitrogens with zero attached hydrogens (tertiary/aromatic N) is 1. The maximum absolute atomic E-state index is 12.9. The molecule has 0 aromatic heterocycles. The second-order valence-electron chi connectivity index (χ2n) is 9.13. The number of aliphatic hydroxyl groups is 1. The number of rotatable bonds is 6. The predicted molar refractivity (Wildman–Crippen MR) is 114 cm³/mol. The van der Waals surface area contributed by atoms with E-state index in [1.165, 1.54) is 18.4 Å². The molecule has 2 aliphatic rings. The van der Waals surface area contributed by atoms with Gasteiger partial charge < -0.3 is 15.3 Å². The van der Waals surface area contributed by atoms with E-state index in [4.69, 9.17) is 0 Å². The quantitative estimate of drug-likeness (QED) is 0.719. The van der Waals surface area contributed by atoms with Gasteiger partial charge in [-0.1, -0.05) is 43.2 Å². The Hall–Kier alpha value is -1.88. The molecule has 2 amide bonds. The molecule has 0 radical (unpaired) electrons. The van der Waals surface area contributed by atoms with Crippen LogP contribution < -0.4 is 5.32 Å². The first kappa shape index (κ1) is 21.8. The van der Waals surface area contributed by atoms with Crippen molar-refractivity contribution >= 4 is 11.8 Å². The summed E-state index contributed by atoms with van der Waals surface area (Å²) >= 11 is 0. The van der Waals surface area contributed by atoms with Crippen LogP contribution in [0.4, 0.5) is 0 Å². The number of aliphatic hydroxyl groups excluding tert-OH is 1. The fourth-order valence-electron chi connectivity index (χ4n) is 5.25. The molecule has 0 bridgehead atoms. The zero-order valence-electron chi connectivity index (χ0n) is 17.9. The van der Waals surface area contributed by atoms with Gasteiger partial charge in [-0.15, -0.1) is 0 Å². The van der Waals surface area contributed by atoms with Crippen molar-refractivity contribution in [2.45, 2.75) is 82.3 Å². The van der Waals surface area contributed by atoms with Gasteiger partial charge in [-0.3, -0.25) is 9.59 Å². The molecule has 1 aromatic rings. The van der Waals surface area contributed by atoms with Crippen LogP contribution in [-0.2, 0) is 15.0 Å². The number of likely N-dealkylation sites (N-methyl/N-ethyl adjacent to an activating group) is 1. The van der Waals surface area contributed by atoms with Crippen molar-refractivity contribution in [1.29, 1.82) is 0 Å². The van der Waals surface area contributed by atoms with Gasteiger partial charge in [-0.2, -0.15) is 0 Å². The number of nitrogens with one attached hydrogen (secondary N) is 1. The van der Waals surface area contributed by atoms with Gasteiger partial charge >= 0.3 is 0 Å². The Morgan fingerprint density at radius 3 is 2.41 bits per heavy atom. The first-order chi connectivity index (χ1) is 13.9. The van der Waals surface area contributed by atoms with Crippen molar-refractivity contribution in [3.05, 3.63) is 35.9 Å². The van der Waals surface area contributed by atoms with Gasteiger partial charge in [0.2, 0.25) is 11.8 Å². The minimum Gasteiger partial charge on any atom is -0.391 e. The second kappa shape index (κ2) is 9.75. The van der Waals surface area contributed by atoms with Crippen LogP contribution in [0.2, 0.25) is 0 Å². The summed E-state index contributed by atoms with van der Waals surface area (Å²) in [5.74, 6) is 0.636. The van der Waals surface area contributed by atoms with E-state index in [-0.39, 0.29) is 23.3 Å². The van der Waals surface area contributed by atoms with Gasteiger partial charge in [0.05, 0.1) is 12.1 Å². The second-order valence-corrected chi connectivity index (χ2v) is 9.13. The summed E-state index contributed by atoms with van der Waals surface area (Å²) in [4.78, 5) is 26.3. The third-order valence-electron chi connectivity index (χ3n) is 7.17. The highest BCUT2D eigenvalue weighted by atomic mass is 16.3. The van der Waals surface area contributed by atoms with Crippen molar-refractivity contribution in [3.8, 4) is 0 Å². The predicted octanol–water partition coefficient (Wildman–Crippen LogP) is 3.40. The van der Waals surface area contributed by atoms with Gasteiger partial charge in [-0.05, 0) is 50.0 Å². The van der Waals surface area contributed by atoms with Crippen molar-refractivity contribution < 1.29 is 14.7 Å². The molecule has 5 heteroatoms. The molecule has 2 saturated carbocycles. The van der Waals surface area contributed by atoms with E-state index in [0.717, 1.165) is 32.1 Å². The molecule has 160 valence electrons. The molecule has 0 aliphatic heterocycles. The van der Waals surface area contributed by atoms with Crippen LogP contribution in [0.5, 0.6) is 0 Å². The summed E-state index contributed by atoms with van der Waals surface area (Å²) in [6, 6.07) is 10.1. The van der Waals surface area contributed by atoms with Crippen molar-refractivity contribution in [3.63, 3.8) is 0 Å². The van der Waals surface area contributed by atoms with Crippen LogP contribution in [0.15, 0.2) is 30.3 Å². The van der Waals surface area contributed by atoms with Crippen LogP contribution in [0, 0.1) is 5.92 Å². The van der Waals surface area contributed by atoms with Crippen molar-refractivity contribution in [1.82, 2.24) is 10.2 Å². The van der Waals surface area contributed by atoms with Crippen LogP contribution >= 0.6 is 0 Å². The monoisotopic (exact) mass is 400 g/mol. The Morgan fingerprint density at radius 1 is 1.10 bits per heavy atom. The fourth-order valence-corrected chi connectivity index (χ4v) is 5.25. The first-order valence-corrected chi connectivity index (χ1v) is 11.1. The first-order valence-electron chi connectivity index (χ1n) is 11.1. The fraction of sp³-hybridized carbons (Fsp3) is 0.667. The molecule has 0 spiro atoms. The molecule has 1 aromatic carbocycles. The van der Waals surface area contributed by atoms with E-state index in [1.54, 1.807) is 6.92 Å². The Bertz CT molecular complexity index is 687. The number of amides is 2. The van der Waals surface area contributed by atoms with Gasteiger partial charge in [0.1, 0.15) is 0 Å². The van der Waals surface area contributed by atoms with Gasteiger partial charge in [0, 0.05) is 32.4 Å². The molecule has 29 heavy (non-hydrogen) atoms. The number of hydrogen-bond acceptors (Lipinski definition) is 3. The number of carbonyl (C=O) groups is 2. The molecule has 2 fully saturated rings. The van der Waals surface area contributed by atoms with Crippen molar-refractivity contribution in [2.75, 3.05) is 13.6 Å². The van der Waals surface area contributed by atoms with Gasteiger partial charge in [0.15, 0.2) is 0 Å². The summed E-state index contributed by atoms with van der Waals surface area (Å²) in [5, 5.41) is 13.9. The molecular weight excluding hydrogens is 364 g/mol. The van der Waals surface area contributed by atoms with Crippen LogP contribution in [-0.4, -0.2) is 47.6 Å². The minimum atomic E-state index is -0.532. The zero-order chi connectivity index (χ0) is 20.9. The van der Waals surface area contributed by atoms with E-state index in [0.29, 0.717) is 25.3 Å². The molecular formula is C24H36N2O3. The Kier molecular flexibility index (Phi) is 7.33. The average Bonchev–Trinajstić information content (AvgIpc) is 3.16. The lowest BCUT2D eigenvalue weighted by Gasteiger charge is -2.34. The molecule has 3 rings (SSSR count). The summed E-state index contributed by atoms with van der Waals surface area (Å²) in [6.45, 7) is 2.11. The lowest BCUT2D eigenvalue weighted by molar-refractivity contribution is -0.135. The standard InChI is InChI=1S/C24H36N2O3/c1-18(27)25-17-24(20-10-4-3-5-11-20)14-12-21(22(28)13-15-24)26(2)23(29)16-19-8-6-7-9-19/h3-5,10-11,19,21-22,28H,6-9,12-17H2,1-2H3,(H,25,27)/t21-,22-,24-/m1/s1. The zero-order valence-corrected chi connectivity index (χ0v) is 17.9. The summed E-state index contributed by atoms with van der Waals surface area (Å²) in [6.07, 6.45) is 7.84. The molecule has 0 unspecified atom stereocenters. The van der Waals surface area contributed by atoms with Gasteiger partial charge in [0.25, 0.3) is 0 Å². The summed E-state index contributed by atoms with van der Waals surface area (Å²) in [5.41, 5.74) is 0.986. The third kappa shape index (κ3) is 5.39. The molecule has 0 saturated heterocycles. The van der Waals surface area contributed by atoms with E-state index < -0.39 is 6.10 Å². The van der Waals surface area contributed by atoms with Crippen LogP contribution in [0.1, 0.15) is 70.3 Å². The lowest BCUT2D eigenvalue weighted by atomic mass is 9.74. The molecule has 3 atom stereocenters. The van der Waals surface area contributed by atoms with E-state index in [9.17, 15) is 14.7 Å².